The van der Waals surface area contributed by atoms with Crippen molar-refractivity contribution in [3.05, 3.63) is 53.4 Å². The molecule has 0 spiro atoms. The summed E-state index contributed by atoms with van der Waals surface area (Å²) < 4.78 is 0. The van der Waals surface area contributed by atoms with Crippen LogP contribution in [0.2, 0.25) is 0 Å². The molecular weight excluding hydrogens is 312 g/mol. The van der Waals surface area contributed by atoms with Crippen LogP contribution in [0.5, 0.6) is 0 Å². The fourth-order valence-corrected chi connectivity index (χ4v) is 3.03. The van der Waals surface area contributed by atoms with Gasteiger partial charge in [-0.25, -0.2) is 0 Å². The van der Waals surface area contributed by atoms with Crippen LogP contribution in [0.15, 0.2) is 53.8 Å². The summed E-state index contributed by atoms with van der Waals surface area (Å²) in [6.45, 7) is 12.4. The van der Waals surface area contributed by atoms with E-state index >= 15 is 0 Å². The predicted octanol–water partition coefficient (Wildman–Crippen LogP) is 5.20. The molecular formula is C20H28N4O. The van der Waals surface area contributed by atoms with Crippen molar-refractivity contribution in [3.63, 3.8) is 0 Å². The Hall–Kier alpha value is -2.56. The number of nitroso groups, excluding NO2 is 1. The first-order valence-corrected chi connectivity index (χ1v) is 9.01. The molecule has 0 unspecified atom stereocenters. The molecule has 25 heavy (non-hydrogen) atoms. The standard InChI is InChI=1S/C20H28N4O/c1-5-22(6-2)17-9-13-19(14-10-17)24(21-25)20-15-11-18(12-16-20)23(7-3)8-4/h9-16H,5-8H2,1-4H3. The summed E-state index contributed by atoms with van der Waals surface area (Å²) in [5.74, 6) is 0. The predicted molar refractivity (Wildman–Crippen MR) is 108 cm³/mol. The van der Waals surface area contributed by atoms with E-state index in [1.165, 1.54) is 5.01 Å². The third-order valence-electron chi connectivity index (χ3n) is 4.53. The number of hydrogen-bond donors (Lipinski definition) is 0. The van der Waals surface area contributed by atoms with E-state index in [1.54, 1.807) is 0 Å². The smallest absolute Gasteiger partial charge is 0.0686 e. The Morgan fingerprint density at radius 2 is 0.880 bits per heavy atom. The molecule has 5 nitrogen and oxygen atoms in total. The van der Waals surface area contributed by atoms with Crippen molar-refractivity contribution in [2.45, 2.75) is 27.7 Å². The largest absolute Gasteiger partial charge is 0.372 e. The van der Waals surface area contributed by atoms with Crippen molar-refractivity contribution in [1.82, 2.24) is 0 Å². The van der Waals surface area contributed by atoms with Crippen molar-refractivity contribution in [3.8, 4) is 0 Å². The number of nitrogens with zero attached hydrogens (tertiary/aromatic N) is 4. The second-order valence-corrected chi connectivity index (χ2v) is 5.77. The van der Waals surface area contributed by atoms with Crippen LogP contribution in [0.3, 0.4) is 0 Å². The van der Waals surface area contributed by atoms with E-state index in [4.69, 9.17) is 0 Å². The molecule has 5 heteroatoms. The van der Waals surface area contributed by atoms with Crippen molar-refractivity contribution >= 4 is 22.7 Å². The number of rotatable bonds is 9. The highest BCUT2D eigenvalue weighted by atomic mass is 16.3. The quantitative estimate of drug-likeness (QED) is 0.465. The summed E-state index contributed by atoms with van der Waals surface area (Å²) in [5, 5.41) is 4.64. The van der Waals surface area contributed by atoms with Crippen LogP contribution in [0, 0.1) is 4.91 Å². The first-order valence-electron chi connectivity index (χ1n) is 9.01. The van der Waals surface area contributed by atoms with Gasteiger partial charge in [0.2, 0.25) is 0 Å². The molecule has 0 amide bonds. The van der Waals surface area contributed by atoms with Gasteiger partial charge in [-0.2, -0.15) is 5.01 Å². The molecule has 0 aliphatic carbocycles. The molecule has 2 rings (SSSR count). The fraction of sp³-hybridized carbons (Fsp3) is 0.400. The molecule has 0 heterocycles. The van der Waals surface area contributed by atoms with E-state index in [2.05, 4.69) is 42.8 Å². The van der Waals surface area contributed by atoms with Crippen molar-refractivity contribution in [1.29, 1.82) is 0 Å². The molecule has 134 valence electrons. The molecule has 0 aliphatic heterocycles. The highest BCUT2D eigenvalue weighted by molar-refractivity contribution is 5.67. The first kappa shape index (κ1) is 18.8. The topological polar surface area (TPSA) is 39.1 Å². The van der Waals surface area contributed by atoms with Crippen LogP contribution in [-0.2, 0) is 0 Å². The first-order chi connectivity index (χ1) is 12.2. The minimum atomic E-state index is 0.765. The van der Waals surface area contributed by atoms with Crippen molar-refractivity contribution < 1.29 is 0 Å². The summed E-state index contributed by atoms with van der Waals surface area (Å²) >= 11 is 0. The third-order valence-corrected chi connectivity index (χ3v) is 4.53. The monoisotopic (exact) mass is 340 g/mol. The lowest BCUT2D eigenvalue weighted by Crippen LogP contribution is -2.22. The Bertz CT molecular complexity index is 591. The third kappa shape index (κ3) is 4.29. The molecule has 0 saturated heterocycles. The van der Waals surface area contributed by atoms with Crippen LogP contribution < -0.4 is 14.8 Å². The number of anilines is 4. The normalized spacial score (nSPS) is 10.4. The lowest BCUT2D eigenvalue weighted by Gasteiger charge is -2.23. The summed E-state index contributed by atoms with van der Waals surface area (Å²) in [4.78, 5) is 16.0. The zero-order valence-electron chi connectivity index (χ0n) is 15.6. The van der Waals surface area contributed by atoms with E-state index in [0.29, 0.717) is 0 Å². The molecule has 0 fully saturated rings. The van der Waals surface area contributed by atoms with E-state index in [9.17, 15) is 4.91 Å². The van der Waals surface area contributed by atoms with Gasteiger partial charge < -0.3 is 9.80 Å². The minimum Gasteiger partial charge on any atom is -0.372 e. The van der Waals surface area contributed by atoms with Crippen LogP contribution in [0.1, 0.15) is 27.7 Å². The van der Waals surface area contributed by atoms with Crippen molar-refractivity contribution in [2.24, 2.45) is 5.29 Å². The van der Waals surface area contributed by atoms with Gasteiger partial charge in [-0.05, 0) is 76.2 Å². The van der Waals surface area contributed by atoms with Gasteiger partial charge in [-0.3, -0.25) is 0 Å². The van der Waals surface area contributed by atoms with Crippen molar-refractivity contribution in [2.75, 3.05) is 41.0 Å². The Labute approximate surface area is 150 Å². The van der Waals surface area contributed by atoms with Gasteiger partial charge in [0.15, 0.2) is 0 Å². The van der Waals surface area contributed by atoms with Crippen LogP contribution in [0.25, 0.3) is 0 Å². The van der Waals surface area contributed by atoms with Gasteiger partial charge in [-0.15, -0.1) is 4.91 Å². The minimum absolute atomic E-state index is 0.765. The highest BCUT2D eigenvalue weighted by Crippen LogP contribution is 2.29. The Kier molecular flexibility index (Phi) is 6.81. The summed E-state index contributed by atoms with van der Waals surface area (Å²) in [6, 6.07) is 15.9. The Morgan fingerprint density at radius 3 is 1.12 bits per heavy atom. The molecule has 2 aromatic rings. The van der Waals surface area contributed by atoms with Gasteiger partial charge in [0, 0.05) is 37.6 Å². The molecule has 0 bridgehead atoms. The van der Waals surface area contributed by atoms with Gasteiger partial charge in [0.25, 0.3) is 0 Å². The number of hydrogen-bond acceptors (Lipinski definition) is 4. The van der Waals surface area contributed by atoms with E-state index in [0.717, 1.165) is 48.9 Å². The second-order valence-electron chi connectivity index (χ2n) is 5.77. The van der Waals surface area contributed by atoms with Crippen LogP contribution >= 0.6 is 0 Å². The molecule has 0 aromatic heterocycles. The molecule has 0 radical (unpaired) electrons. The molecule has 0 aliphatic rings. The summed E-state index contributed by atoms with van der Waals surface area (Å²) in [7, 11) is 0. The van der Waals surface area contributed by atoms with E-state index in [1.807, 2.05) is 48.5 Å². The fourth-order valence-electron chi connectivity index (χ4n) is 3.03. The second kappa shape index (κ2) is 9.06. The molecule has 2 aromatic carbocycles. The number of benzene rings is 2. The molecule has 0 N–H and O–H groups in total. The average Bonchev–Trinajstić information content (AvgIpc) is 2.67. The lowest BCUT2D eigenvalue weighted by atomic mass is 10.2. The maximum absolute atomic E-state index is 11.4. The lowest BCUT2D eigenvalue weighted by molar-refractivity contribution is 0.865. The van der Waals surface area contributed by atoms with Crippen LogP contribution in [0.4, 0.5) is 22.7 Å². The van der Waals surface area contributed by atoms with Crippen LogP contribution in [-0.4, -0.2) is 26.2 Å². The zero-order valence-corrected chi connectivity index (χ0v) is 15.6. The van der Waals surface area contributed by atoms with E-state index < -0.39 is 0 Å². The molecule has 0 saturated carbocycles. The van der Waals surface area contributed by atoms with Gasteiger partial charge in [0.05, 0.1) is 16.7 Å². The van der Waals surface area contributed by atoms with E-state index in [-0.39, 0.29) is 0 Å². The highest BCUT2D eigenvalue weighted by Gasteiger charge is 2.11. The average molecular weight is 340 g/mol. The summed E-state index contributed by atoms with van der Waals surface area (Å²) in [5.41, 5.74) is 3.83. The summed E-state index contributed by atoms with van der Waals surface area (Å²) in [6.07, 6.45) is 0. The van der Waals surface area contributed by atoms with Gasteiger partial charge >= 0.3 is 0 Å². The Morgan fingerprint density at radius 1 is 0.600 bits per heavy atom. The maximum Gasteiger partial charge on any atom is 0.0686 e. The maximum atomic E-state index is 11.4. The Balaban J connectivity index is 2.23. The van der Waals surface area contributed by atoms with Gasteiger partial charge in [0.1, 0.15) is 0 Å². The van der Waals surface area contributed by atoms with Gasteiger partial charge in [-0.1, -0.05) is 0 Å². The molecule has 0 atom stereocenters. The SMILES string of the molecule is CCN(CC)c1ccc(N(N=O)c2ccc(N(CC)CC)cc2)cc1. The zero-order chi connectivity index (χ0) is 18.2.